The van der Waals surface area contributed by atoms with Gasteiger partial charge in [0.2, 0.25) is 0 Å². The Hall–Kier alpha value is -0.570. The van der Waals surface area contributed by atoms with Gasteiger partial charge < -0.3 is 10.2 Å². The second-order valence-corrected chi connectivity index (χ2v) is 6.03. The molecule has 3 heteroatoms. The van der Waals surface area contributed by atoms with Crippen LogP contribution in [0.2, 0.25) is 0 Å². The highest BCUT2D eigenvalue weighted by atomic mass is 32.1. The van der Waals surface area contributed by atoms with Gasteiger partial charge in [-0.05, 0) is 40.5 Å². The zero-order valence-electron chi connectivity index (χ0n) is 11.8. The molecule has 17 heavy (non-hydrogen) atoms. The summed E-state index contributed by atoms with van der Waals surface area (Å²) in [6.07, 6.45) is 7.13. The maximum atomic E-state index is 5.46. The lowest BCUT2D eigenvalue weighted by Crippen LogP contribution is -2.59. The topological polar surface area (TPSA) is 15.3 Å². The minimum atomic E-state index is -0.0699. The van der Waals surface area contributed by atoms with Crippen LogP contribution in [0.5, 0.6) is 0 Å². The summed E-state index contributed by atoms with van der Waals surface area (Å²) in [5.74, 6) is 0. The highest BCUT2D eigenvalue weighted by Gasteiger charge is 2.31. The molecule has 0 atom stereocenters. The van der Waals surface area contributed by atoms with Crippen molar-refractivity contribution >= 4 is 17.2 Å². The Bertz CT molecular complexity index is 305. The summed E-state index contributed by atoms with van der Waals surface area (Å²) in [5, 5.41) is 3.45. The van der Waals surface area contributed by atoms with Gasteiger partial charge in [-0.25, -0.2) is 0 Å². The average Bonchev–Trinajstić information content (AvgIpc) is 2.19. The fourth-order valence-corrected chi connectivity index (χ4v) is 2.75. The van der Waals surface area contributed by atoms with Gasteiger partial charge in [0.15, 0.2) is 0 Å². The van der Waals surface area contributed by atoms with Gasteiger partial charge in [0.05, 0.1) is 0 Å². The first kappa shape index (κ1) is 14.5. The van der Waals surface area contributed by atoms with Crippen LogP contribution in [0, 0.1) is 0 Å². The van der Waals surface area contributed by atoms with Gasteiger partial charge in [-0.3, -0.25) is 0 Å². The Balaban J connectivity index is 2.78. The molecule has 0 aromatic heterocycles. The first-order valence-electron chi connectivity index (χ1n) is 6.70. The quantitative estimate of drug-likeness (QED) is 0.593. The molecule has 0 unspecified atom stereocenters. The normalized spacial score (nSPS) is 19.3. The summed E-state index contributed by atoms with van der Waals surface area (Å²) >= 11 is 5.46. The number of nitrogens with one attached hydrogen (secondary N) is 1. The van der Waals surface area contributed by atoms with E-state index in [0.29, 0.717) is 6.04 Å². The van der Waals surface area contributed by atoms with Crippen molar-refractivity contribution in [1.29, 1.82) is 0 Å². The van der Waals surface area contributed by atoms with Crippen LogP contribution in [0.25, 0.3) is 0 Å². The smallest absolute Gasteiger partial charge is 0.105 e. The molecule has 0 saturated carbocycles. The molecular weight excluding hydrogens is 228 g/mol. The highest BCUT2D eigenvalue weighted by molar-refractivity contribution is 7.80. The Morgan fingerprint density at radius 1 is 1.35 bits per heavy atom. The highest BCUT2D eigenvalue weighted by Crippen LogP contribution is 2.25. The molecule has 0 aromatic rings. The third kappa shape index (κ3) is 3.70. The van der Waals surface area contributed by atoms with Gasteiger partial charge >= 0.3 is 0 Å². The Labute approximate surface area is 111 Å². The second kappa shape index (κ2) is 5.85. The Morgan fingerprint density at radius 2 is 2.00 bits per heavy atom. The van der Waals surface area contributed by atoms with Crippen molar-refractivity contribution < 1.29 is 0 Å². The Morgan fingerprint density at radius 3 is 2.53 bits per heavy atom. The zero-order chi connectivity index (χ0) is 13.1. The molecule has 0 aliphatic carbocycles. The van der Waals surface area contributed by atoms with Crippen LogP contribution in [0.4, 0.5) is 0 Å². The molecule has 1 aliphatic rings. The minimum absolute atomic E-state index is 0.0699. The van der Waals surface area contributed by atoms with E-state index in [1.54, 1.807) is 0 Å². The first-order valence-corrected chi connectivity index (χ1v) is 7.11. The first-order chi connectivity index (χ1) is 7.88. The van der Waals surface area contributed by atoms with Crippen LogP contribution in [0.1, 0.15) is 60.3 Å². The number of nitrogens with zero attached hydrogens (tertiary/aromatic N) is 1. The predicted octanol–water partition coefficient (Wildman–Crippen LogP) is 3.83. The number of rotatable bonds is 5. The van der Waals surface area contributed by atoms with Crippen LogP contribution < -0.4 is 5.32 Å². The largest absolute Gasteiger partial charge is 0.354 e. The minimum Gasteiger partial charge on any atom is -0.354 e. The molecule has 1 rings (SSSR count). The number of unbranched alkanes of at least 4 members (excludes halogenated alkanes) is 2. The summed E-state index contributed by atoms with van der Waals surface area (Å²) in [6.45, 7) is 11.0. The molecule has 0 radical (unpaired) electrons. The molecule has 2 nitrogen and oxygen atoms in total. The van der Waals surface area contributed by atoms with E-state index in [1.807, 2.05) is 0 Å². The predicted molar refractivity (Wildman–Crippen MR) is 79.0 cm³/mol. The molecule has 0 bridgehead atoms. The van der Waals surface area contributed by atoms with Crippen molar-refractivity contribution in [3.63, 3.8) is 0 Å². The molecule has 0 fully saturated rings. The molecular formula is C14H26N2S. The van der Waals surface area contributed by atoms with E-state index in [1.165, 1.54) is 24.8 Å². The van der Waals surface area contributed by atoms with E-state index in [9.17, 15) is 0 Å². The van der Waals surface area contributed by atoms with Crippen molar-refractivity contribution in [1.82, 2.24) is 10.2 Å². The van der Waals surface area contributed by atoms with Crippen LogP contribution in [0.15, 0.2) is 11.8 Å². The van der Waals surface area contributed by atoms with Crippen molar-refractivity contribution in [3.8, 4) is 0 Å². The summed E-state index contributed by atoms with van der Waals surface area (Å²) in [4.78, 5) is 3.30. The van der Waals surface area contributed by atoms with Gasteiger partial charge in [0, 0.05) is 17.8 Å². The molecule has 1 aliphatic heterocycles. The second-order valence-electron chi connectivity index (χ2n) is 5.63. The summed E-state index contributed by atoms with van der Waals surface area (Å²) in [6, 6.07) is 0.488. The maximum Gasteiger partial charge on any atom is 0.105 e. The van der Waals surface area contributed by atoms with Gasteiger partial charge in [-0.1, -0.05) is 32.0 Å². The number of hydrogen-bond donors (Lipinski definition) is 1. The van der Waals surface area contributed by atoms with Crippen LogP contribution >= 0.6 is 12.2 Å². The van der Waals surface area contributed by atoms with Crippen molar-refractivity contribution in [3.05, 3.63) is 11.8 Å². The molecule has 1 heterocycles. The lowest BCUT2D eigenvalue weighted by molar-refractivity contribution is 0.125. The van der Waals surface area contributed by atoms with Gasteiger partial charge in [0.1, 0.15) is 10.7 Å². The van der Waals surface area contributed by atoms with Gasteiger partial charge in [-0.15, -0.1) is 0 Å². The van der Waals surface area contributed by atoms with Gasteiger partial charge in [0.25, 0.3) is 0 Å². The van der Waals surface area contributed by atoms with Crippen molar-refractivity contribution in [2.45, 2.75) is 72.0 Å². The van der Waals surface area contributed by atoms with Crippen LogP contribution in [0.3, 0.4) is 0 Å². The van der Waals surface area contributed by atoms with E-state index >= 15 is 0 Å². The third-order valence-electron chi connectivity index (χ3n) is 3.26. The molecule has 0 aromatic carbocycles. The number of thiocarbonyl (C=S) groups is 1. The van der Waals surface area contributed by atoms with Crippen LogP contribution in [-0.4, -0.2) is 21.6 Å². The third-order valence-corrected chi connectivity index (χ3v) is 3.62. The van der Waals surface area contributed by atoms with E-state index in [0.717, 1.165) is 11.4 Å². The molecule has 98 valence electrons. The van der Waals surface area contributed by atoms with E-state index in [4.69, 9.17) is 12.2 Å². The fourth-order valence-electron chi connectivity index (χ4n) is 2.35. The lowest BCUT2D eigenvalue weighted by Gasteiger charge is -2.46. The monoisotopic (exact) mass is 254 g/mol. The summed E-state index contributed by atoms with van der Waals surface area (Å²) in [7, 11) is 0. The lowest BCUT2D eigenvalue weighted by atomic mass is 10.0. The maximum absolute atomic E-state index is 5.46. The summed E-state index contributed by atoms with van der Waals surface area (Å²) < 4.78 is 0. The van der Waals surface area contributed by atoms with Crippen molar-refractivity contribution in [2.24, 2.45) is 0 Å². The average molecular weight is 254 g/mol. The SMILES string of the molecule is CCCCCC1=CN(C(C)C)C(C)(C)NC1=S. The number of hydrogen-bond acceptors (Lipinski definition) is 2. The fraction of sp³-hybridized carbons (Fsp3) is 0.786. The standard InChI is InChI=1S/C14H26N2S/c1-6-7-8-9-12-10-16(11(2)3)14(4,5)15-13(12)17/h10-11H,6-9H2,1-5H3,(H,15,17). The molecule has 1 N–H and O–H groups in total. The van der Waals surface area contributed by atoms with E-state index in [-0.39, 0.29) is 5.66 Å². The van der Waals surface area contributed by atoms with E-state index < -0.39 is 0 Å². The van der Waals surface area contributed by atoms with Crippen LogP contribution in [-0.2, 0) is 0 Å². The van der Waals surface area contributed by atoms with Crippen molar-refractivity contribution in [2.75, 3.05) is 0 Å². The molecule has 0 spiro atoms. The Kier molecular flexibility index (Phi) is 4.99. The summed E-state index contributed by atoms with van der Waals surface area (Å²) in [5.41, 5.74) is 1.22. The molecule has 0 saturated heterocycles. The van der Waals surface area contributed by atoms with E-state index in [2.05, 4.69) is 51.0 Å². The molecule has 0 amide bonds. The zero-order valence-corrected chi connectivity index (χ0v) is 12.7. The van der Waals surface area contributed by atoms with Gasteiger partial charge in [-0.2, -0.15) is 0 Å².